The Kier molecular flexibility index (Phi) is 5.34. The highest BCUT2D eigenvalue weighted by molar-refractivity contribution is 8.00. The number of H-pyrrole nitrogens is 1. The lowest BCUT2D eigenvalue weighted by Crippen LogP contribution is -2.03. The van der Waals surface area contributed by atoms with E-state index < -0.39 is 0 Å². The molecule has 144 valence electrons. The van der Waals surface area contributed by atoms with Crippen LogP contribution in [0.2, 0.25) is 0 Å². The molecule has 28 heavy (non-hydrogen) atoms. The molecule has 0 amide bonds. The number of aliphatic hydroxyl groups is 1. The molecular weight excluding hydrogens is 392 g/mol. The third-order valence-corrected chi connectivity index (χ3v) is 6.46. The lowest BCUT2D eigenvalue weighted by atomic mass is 9.98. The number of pyridine rings is 1. The van der Waals surface area contributed by atoms with Crippen molar-refractivity contribution >= 4 is 33.3 Å². The second kappa shape index (κ2) is 7.90. The molecule has 2 unspecified atom stereocenters. The molecule has 3 heterocycles. The summed E-state index contributed by atoms with van der Waals surface area (Å²) in [5, 5.41) is 14.0. The van der Waals surface area contributed by atoms with E-state index in [4.69, 9.17) is 10.2 Å². The van der Waals surface area contributed by atoms with Crippen molar-refractivity contribution in [2.75, 3.05) is 6.61 Å². The third kappa shape index (κ3) is 3.89. The molecule has 4 aromatic rings. The maximum absolute atomic E-state index is 11.5. The number of thiazole rings is 1. The number of fused-ring (bicyclic) bond motifs is 1. The van der Waals surface area contributed by atoms with E-state index in [2.05, 4.69) is 16.9 Å². The molecule has 8 heteroatoms. The molecule has 0 saturated carbocycles. The summed E-state index contributed by atoms with van der Waals surface area (Å²) in [4.78, 5) is 19.8. The second-order valence-corrected chi connectivity index (χ2v) is 9.17. The Hall–Kier alpha value is -2.42. The van der Waals surface area contributed by atoms with Crippen LogP contribution < -0.4 is 4.87 Å². The van der Waals surface area contributed by atoms with Crippen LogP contribution in [0, 0.1) is 0 Å². The van der Waals surface area contributed by atoms with Crippen molar-refractivity contribution in [1.29, 1.82) is 0 Å². The molecule has 4 rings (SSSR count). The molecule has 2 N–H and O–H groups in total. The van der Waals surface area contributed by atoms with Gasteiger partial charge in [-0.3, -0.25) is 4.79 Å². The average molecular weight is 413 g/mol. The van der Waals surface area contributed by atoms with Crippen molar-refractivity contribution in [1.82, 2.24) is 19.7 Å². The Labute approximate surface area is 170 Å². The Bertz CT molecular complexity index is 1150. The largest absolute Gasteiger partial charge is 0.395 e. The molecule has 1 aromatic carbocycles. The van der Waals surface area contributed by atoms with E-state index in [9.17, 15) is 4.79 Å². The zero-order valence-electron chi connectivity index (χ0n) is 15.5. The van der Waals surface area contributed by atoms with Crippen LogP contribution in [-0.2, 0) is 0 Å². The van der Waals surface area contributed by atoms with Gasteiger partial charge in [0.2, 0.25) is 0 Å². The van der Waals surface area contributed by atoms with Gasteiger partial charge in [-0.05, 0) is 35.9 Å². The number of benzene rings is 1. The van der Waals surface area contributed by atoms with E-state index in [0.29, 0.717) is 0 Å². The number of aromatic amines is 1. The fourth-order valence-electron chi connectivity index (χ4n) is 2.95. The number of nitrogens with zero attached hydrogens (tertiary/aromatic N) is 3. The first-order valence-electron chi connectivity index (χ1n) is 8.96. The first kappa shape index (κ1) is 18.9. The lowest BCUT2D eigenvalue weighted by Gasteiger charge is -2.09. The second-order valence-electron chi connectivity index (χ2n) is 6.64. The first-order chi connectivity index (χ1) is 13.5. The first-order valence-corrected chi connectivity index (χ1v) is 10.7. The topological polar surface area (TPSA) is 83.8 Å². The number of hydrogen-bond donors (Lipinski definition) is 2. The van der Waals surface area contributed by atoms with Crippen molar-refractivity contribution in [2.45, 2.75) is 29.9 Å². The van der Waals surface area contributed by atoms with Gasteiger partial charge in [0.15, 0.2) is 5.82 Å². The third-order valence-electron chi connectivity index (χ3n) is 4.55. The highest BCUT2D eigenvalue weighted by atomic mass is 32.2. The van der Waals surface area contributed by atoms with Gasteiger partial charge in [0.05, 0.1) is 22.5 Å². The predicted octanol–water partition coefficient (Wildman–Crippen LogP) is 3.80. The Morgan fingerprint density at radius 1 is 1.25 bits per heavy atom. The molecule has 6 nitrogen and oxygen atoms in total. The van der Waals surface area contributed by atoms with Gasteiger partial charge < -0.3 is 10.1 Å². The number of aliphatic hydroxyl groups excluding tert-OH is 1. The highest BCUT2D eigenvalue weighted by Gasteiger charge is 2.14. The fourth-order valence-corrected chi connectivity index (χ4v) is 4.53. The SMILES string of the molecule is CC(CO)Sc1ccc(-n2ccc(C(C)c3ccc4[nH]c(=O)sc4c3)n2)nc1. The van der Waals surface area contributed by atoms with E-state index in [1.165, 1.54) is 11.3 Å². The molecule has 0 aliphatic carbocycles. The Morgan fingerprint density at radius 3 is 2.86 bits per heavy atom. The fraction of sp³-hybridized carbons (Fsp3) is 0.250. The molecule has 3 aromatic heterocycles. The van der Waals surface area contributed by atoms with E-state index >= 15 is 0 Å². The van der Waals surface area contributed by atoms with Crippen LogP contribution in [0.4, 0.5) is 0 Å². The summed E-state index contributed by atoms with van der Waals surface area (Å²) in [7, 11) is 0. The number of hydrogen-bond acceptors (Lipinski definition) is 6. The molecule has 0 saturated heterocycles. The molecule has 0 aliphatic rings. The van der Waals surface area contributed by atoms with Crippen molar-refractivity contribution in [3.8, 4) is 5.82 Å². The Morgan fingerprint density at radius 2 is 2.11 bits per heavy atom. The van der Waals surface area contributed by atoms with E-state index in [0.717, 1.165) is 32.2 Å². The predicted molar refractivity (Wildman–Crippen MR) is 114 cm³/mol. The van der Waals surface area contributed by atoms with Gasteiger partial charge >= 0.3 is 4.87 Å². The summed E-state index contributed by atoms with van der Waals surface area (Å²) in [6.45, 7) is 4.22. The average Bonchev–Trinajstić information content (AvgIpc) is 3.33. The van der Waals surface area contributed by atoms with Gasteiger partial charge in [-0.25, -0.2) is 9.67 Å². The maximum atomic E-state index is 11.5. The van der Waals surface area contributed by atoms with Gasteiger partial charge in [-0.1, -0.05) is 31.3 Å². The molecule has 0 bridgehead atoms. The molecule has 2 atom stereocenters. The van der Waals surface area contributed by atoms with Crippen molar-refractivity contribution < 1.29 is 5.11 Å². The van der Waals surface area contributed by atoms with E-state index in [1.807, 2.05) is 49.5 Å². The molecule has 0 aliphatic heterocycles. The standard InChI is InChI=1S/C20H20N4O2S2/c1-12(11-25)27-15-4-6-19(21-10-15)24-8-7-16(23-24)13(2)14-3-5-17-18(9-14)28-20(26)22-17/h3-10,12-13,25H,11H2,1-2H3,(H,22,26). The van der Waals surface area contributed by atoms with Crippen LogP contribution in [0.25, 0.3) is 16.0 Å². The minimum absolute atomic E-state index is 0.0369. The van der Waals surface area contributed by atoms with Crippen molar-refractivity contribution in [3.05, 3.63) is 69.7 Å². The summed E-state index contributed by atoms with van der Waals surface area (Å²) in [6, 6.07) is 11.9. The van der Waals surface area contributed by atoms with Gasteiger partial charge in [-0.2, -0.15) is 5.10 Å². The minimum atomic E-state index is -0.0369. The van der Waals surface area contributed by atoms with Gasteiger partial charge in [-0.15, -0.1) is 11.8 Å². The van der Waals surface area contributed by atoms with Crippen LogP contribution in [0.3, 0.4) is 0 Å². The zero-order chi connectivity index (χ0) is 19.7. The summed E-state index contributed by atoms with van der Waals surface area (Å²) in [5.41, 5.74) is 2.93. The van der Waals surface area contributed by atoms with Crippen LogP contribution in [-0.4, -0.2) is 36.7 Å². The summed E-state index contributed by atoms with van der Waals surface area (Å²) < 4.78 is 2.73. The van der Waals surface area contributed by atoms with Gasteiger partial charge in [0, 0.05) is 28.5 Å². The summed E-state index contributed by atoms with van der Waals surface area (Å²) in [6.07, 6.45) is 3.71. The number of nitrogens with one attached hydrogen (secondary N) is 1. The van der Waals surface area contributed by atoms with Gasteiger partial charge in [0.25, 0.3) is 0 Å². The smallest absolute Gasteiger partial charge is 0.305 e. The molecular formula is C20H20N4O2S2. The van der Waals surface area contributed by atoms with E-state index in [-0.39, 0.29) is 22.6 Å². The van der Waals surface area contributed by atoms with Crippen molar-refractivity contribution in [2.24, 2.45) is 0 Å². The summed E-state index contributed by atoms with van der Waals surface area (Å²) >= 11 is 2.82. The van der Waals surface area contributed by atoms with Crippen LogP contribution in [0.15, 0.2) is 58.5 Å². The maximum Gasteiger partial charge on any atom is 0.305 e. The normalized spacial score (nSPS) is 13.7. The number of aromatic nitrogens is 4. The van der Waals surface area contributed by atoms with Crippen LogP contribution in [0.1, 0.15) is 31.0 Å². The minimum Gasteiger partial charge on any atom is -0.395 e. The monoisotopic (exact) mass is 412 g/mol. The molecule has 0 spiro atoms. The molecule has 0 radical (unpaired) electrons. The summed E-state index contributed by atoms with van der Waals surface area (Å²) in [5.74, 6) is 0.849. The number of thioether (sulfide) groups is 1. The van der Waals surface area contributed by atoms with Crippen molar-refractivity contribution in [3.63, 3.8) is 0 Å². The van der Waals surface area contributed by atoms with Crippen LogP contribution in [0.5, 0.6) is 0 Å². The molecule has 0 fully saturated rings. The number of rotatable bonds is 6. The zero-order valence-corrected chi connectivity index (χ0v) is 17.1. The van der Waals surface area contributed by atoms with Crippen LogP contribution >= 0.6 is 23.1 Å². The quantitative estimate of drug-likeness (QED) is 0.471. The van der Waals surface area contributed by atoms with E-state index in [1.54, 1.807) is 22.6 Å². The highest BCUT2D eigenvalue weighted by Crippen LogP contribution is 2.27. The lowest BCUT2D eigenvalue weighted by molar-refractivity contribution is 0.300. The Balaban J connectivity index is 1.55. The van der Waals surface area contributed by atoms with Gasteiger partial charge in [0.1, 0.15) is 0 Å².